The lowest BCUT2D eigenvalue weighted by atomic mass is 10.1. The number of amides is 1. The third-order valence-electron chi connectivity index (χ3n) is 2.31. The molecular weight excluding hydrogens is 264 g/mol. The average Bonchev–Trinajstić information content (AvgIpc) is 2.27. The van der Waals surface area contributed by atoms with Crippen LogP contribution in [-0.4, -0.2) is 11.9 Å². The minimum atomic E-state index is -4.65. The molecule has 7 heteroatoms. The molecule has 1 atom stereocenters. The lowest BCUT2D eigenvalue weighted by molar-refractivity contribution is -0.137. The maximum Gasteiger partial charge on any atom is 0.416 e. The van der Waals surface area contributed by atoms with E-state index in [0.717, 1.165) is 0 Å². The van der Waals surface area contributed by atoms with Crippen molar-refractivity contribution in [1.82, 2.24) is 5.32 Å². The molecule has 1 unspecified atom stereocenters. The summed E-state index contributed by atoms with van der Waals surface area (Å²) in [4.78, 5) is 11.6. The van der Waals surface area contributed by atoms with Gasteiger partial charge in [-0.1, -0.05) is 0 Å². The van der Waals surface area contributed by atoms with Crippen molar-refractivity contribution in [3.63, 3.8) is 0 Å². The van der Waals surface area contributed by atoms with E-state index in [1.165, 1.54) is 6.92 Å². The molecule has 0 aliphatic heterocycles. The Hall–Kier alpha value is -2.10. The van der Waals surface area contributed by atoms with Crippen molar-refractivity contribution >= 4 is 5.91 Å². The van der Waals surface area contributed by atoms with Crippen molar-refractivity contribution in [2.45, 2.75) is 25.6 Å². The van der Waals surface area contributed by atoms with Gasteiger partial charge in [-0.3, -0.25) is 4.79 Å². The van der Waals surface area contributed by atoms with Crippen LogP contribution < -0.4 is 5.32 Å². The highest BCUT2D eigenvalue weighted by Crippen LogP contribution is 2.30. The monoisotopic (exact) mass is 274 g/mol. The van der Waals surface area contributed by atoms with Gasteiger partial charge in [0.05, 0.1) is 23.6 Å². The van der Waals surface area contributed by atoms with Crippen LogP contribution in [0.1, 0.15) is 29.3 Å². The Labute approximate surface area is 106 Å². The summed E-state index contributed by atoms with van der Waals surface area (Å²) in [7, 11) is 0. The van der Waals surface area contributed by atoms with Gasteiger partial charge in [-0.05, 0) is 25.1 Å². The summed E-state index contributed by atoms with van der Waals surface area (Å²) in [5, 5.41) is 10.6. The number of carbonyl (C=O) groups excluding carboxylic acids is 1. The molecule has 19 heavy (non-hydrogen) atoms. The van der Waals surface area contributed by atoms with Crippen LogP contribution in [-0.2, 0) is 6.18 Å². The van der Waals surface area contributed by atoms with Crippen molar-refractivity contribution in [2.24, 2.45) is 0 Å². The molecule has 1 aromatic rings. The van der Waals surface area contributed by atoms with Crippen molar-refractivity contribution in [1.29, 1.82) is 5.26 Å². The highest BCUT2D eigenvalue weighted by Gasteiger charge is 2.32. The normalized spacial score (nSPS) is 12.6. The van der Waals surface area contributed by atoms with E-state index >= 15 is 0 Å². The summed E-state index contributed by atoms with van der Waals surface area (Å²) < 4.78 is 50.7. The number of hydrogen-bond donors (Lipinski definition) is 1. The number of nitriles is 1. The number of carbonyl (C=O) groups is 1. The van der Waals surface area contributed by atoms with Gasteiger partial charge in [-0.15, -0.1) is 0 Å². The number of alkyl halides is 3. The average molecular weight is 274 g/mol. The van der Waals surface area contributed by atoms with E-state index in [4.69, 9.17) is 5.26 Å². The molecule has 1 N–H and O–H groups in total. The highest BCUT2D eigenvalue weighted by atomic mass is 19.4. The molecule has 1 amide bonds. The third kappa shape index (κ3) is 3.95. The van der Waals surface area contributed by atoms with Crippen LogP contribution >= 0.6 is 0 Å². The Balaban J connectivity index is 3.00. The number of nitrogens with one attached hydrogen (secondary N) is 1. The van der Waals surface area contributed by atoms with Gasteiger partial charge in [0.15, 0.2) is 0 Å². The van der Waals surface area contributed by atoms with Crippen LogP contribution in [0.3, 0.4) is 0 Å². The van der Waals surface area contributed by atoms with Crippen LogP contribution in [0.4, 0.5) is 17.6 Å². The maximum absolute atomic E-state index is 13.4. The molecule has 0 saturated carbocycles. The van der Waals surface area contributed by atoms with E-state index in [-0.39, 0.29) is 6.42 Å². The van der Waals surface area contributed by atoms with Gasteiger partial charge in [0.25, 0.3) is 5.91 Å². The summed E-state index contributed by atoms with van der Waals surface area (Å²) in [5.74, 6) is -2.03. The van der Waals surface area contributed by atoms with Gasteiger partial charge in [0.1, 0.15) is 5.82 Å². The maximum atomic E-state index is 13.4. The lowest BCUT2D eigenvalue weighted by Gasteiger charge is -2.12. The zero-order chi connectivity index (χ0) is 14.6. The Kier molecular flexibility index (Phi) is 4.48. The number of nitrogens with zero attached hydrogens (tertiary/aromatic N) is 1. The molecule has 0 aromatic heterocycles. The molecule has 1 rings (SSSR count). The number of benzene rings is 1. The summed E-state index contributed by atoms with van der Waals surface area (Å²) in [6, 6.07) is 2.81. The number of hydrogen-bond acceptors (Lipinski definition) is 2. The predicted molar refractivity (Wildman–Crippen MR) is 58.6 cm³/mol. The van der Waals surface area contributed by atoms with Crippen molar-refractivity contribution < 1.29 is 22.4 Å². The first kappa shape index (κ1) is 15.0. The molecule has 3 nitrogen and oxygen atoms in total. The summed E-state index contributed by atoms with van der Waals surface area (Å²) in [6.45, 7) is 1.49. The fourth-order valence-corrected chi connectivity index (χ4v) is 1.37. The first-order valence-corrected chi connectivity index (χ1v) is 5.30. The second-order valence-electron chi connectivity index (χ2n) is 3.93. The van der Waals surface area contributed by atoms with Crippen molar-refractivity contribution in [3.8, 4) is 6.07 Å². The Bertz CT molecular complexity index is 519. The van der Waals surface area contributed by atoms with Crippen molar-refractivity contribution in [3.05, 3.63) is 35.1 Å². The van der Waals surface area contributed by atoms with E-state index in [1.807, 2.05) is 0 Å². The van der Waals surface area contributed by atoms with Gasteiger partial charge in [-0.25, -0.2) is 4.39 Å². The van der Waals surface area contributed by atoms with Crippen LogP contribution in [0.2, 0.25) is 0 Å². The summed E-state index contributed by atoms with van der Waals surface area (Å²) in [5.41, 5.74) is -1.80. The Morgan fingerprint density at radius 1 is 1.47 bits per heavy atom. The van der Waals surface area contributed by atoms with Crippen LogP contribution in [0.25, 0.3) is 0 Å². The molecule has 0 aliphatic rings. The Morgan fingerprint density at radius 2 is 2.11 bits per heavy atom. The molecule has 0 aliphatic carbocycles. The van der Waals surface area contributed by atoms with E-state index in [1.54, 1.807) is 6.07 Å². The molecule has 0 heterocycles. The number of rotatable bonds is 3. The van der Waals surface area contributed by atoms with E-state index in [0.29, 0.717) is 18.2 Å². The van der Waals surface area contributed by atoms with Crippen LogP contribution in [0.15, 0.2) is 18.2 Å². The predicted octanol–water partition coefficient (Wildman–Crippen LogP) is 2.88. The quantitative estimate of drug-likeness (QED) is 0.862. The Morgan fingerprint density at radius 3 is 2.63 bits per heavy atom. The molecule has 0 radical (unpaired) electrons. The molecular formula is C12H10F4N2O. The van der Waals surface area contributed by atoms with Gasteiger partial charge in [-0.2, -0.15) is 18.4 Å². The standard InChI is InChI=1S/C12H10F4N2O/c1-7(4-5-17)18-11(19)9-6-8(12(14,15)16)2-3-10(9)13/h2-3,6-7H,4H2,1H3,(H,18,19). The molecule has 0 saturated heterocycles. The minimum Gasteiger partial charge on any atom is -0.348 e. The summed E-state index contributed by atoms with van der Waals surface area (Å²) in [6.07, 6.45) is -4.67. The zero-order valence-corrected chi connectivity index (χ0v) is 9.88. The molecule has 0 fully saturated rings. The molecule has 0 spiro atoms. The second-order valence-corrected chi connectivity index (χ2v) is 3.93. The molecule has 1 aromatic carbocycles. The SMILES string of the molecule is CC(CC#N)NC(=O)c1cc(C(F)(F)F)ccc1F. The topological polar surface area (TPSA) is 52.9 Å². The first-order valence-electron chi connectivity index (χ1n) is 5.30. The van der Waals surface area contributed by atoms with Gasteiger partial charge in [0.2, 0.25) is 0 Å². The number of halogens is 4. The largest absolute Gasteiger partial charge is 0.416 e. The van der Waals surface area contributed by atoms with E-state index in [9.17, 15) is 22.4 Å². The minimum absolute atomic E-state index is 0.0215. The second kappa shape index (κ2) is 5.69. The molecule has 0 bridgehead atoms. The fourth-order valence-electron chi connectivity index (χ4n) is 1.37. The zero-order valence-electron chi connectivity index (χ0n) is 9.88. The van der Waals surface area contributed by atoms with Crippen LogP contribution in [0, 0.1) is 17.1 Å². The van der Waals surface area contributed by atoms with Gasteiger partial charge >= 0.3 is 6.18 Å². The first-order chi connectivity index (χ1) is 8.75. The van der Waals surface area contributed by atoms with E-state index in [2.05, 4.69) is 5.32 Å². The lowest BCUT2D eigenvalue weighted by Crippen LogP contribution is -2.33. The highest BCUT2D eigenvalue weighted by molar-refractivity contribution is 5.94. The fraction of sp³-hybridized carbons (Fsp3) is 0.333. The molecule has 102 valence electrons. The van der Waals surface area contributed by atoms with Crippen molar-refractivity contribution in [2.75, 3.05) is 0 Å². The smallest absolute Gasteiger partial charge is 0.348 e. The van der Waals surface area contributed by atoms with E-state index < -0.39 is 35.1 Å². The third-order valence-corrected chi connectivity index (χ3v) is 2.31. The summed E-state index contributed by atoms with van der Waals surface area (Å²) >= 11 is 0. The van der Waals surface area contributed by atoms with Gasteiger partial charge in [0, 0.05) is 6.04 Å². The van der Waals surface area contributed by atoms with Gasteiger partial charge < -0.3 is 5.32 Å². The van der Waals surface area contributed by atoms with Crippen LogP contribution in [0.5, 0.6) is 0 Å².